The molecule has 0 aliphatic rings. The summed E-state index contributed by atoms with van der Waals surface area (Å²) < 4.78 is 1.72. The van der Waals surface area contributed by atoms with Crippen molar-refractivity contribution < 1.29 is 0 Å². The fraction of sp³-hybridized carbons (Fsp3) is 0.120. The molecule has 5 heteroatoms. The molecule has 0 saturated carbocycles. The van der Waals surface area contributed by atoms with Gasteiger partial charge in [0.05, 0.1) is 5.69 Å². The van der Waals surface area contributed by atoms with Crippen LogP contribution in [0.2, 0.25) is 0 Å². The van der Waals surface area contributed by atoms with Crippen LogP contribution in [0.1, 0.15) is 23.3 Å². The Morgan fingerprint density at radius 1 is 0.933 bits per heavy atom. The predicted molar refractivity (Wildman–Crippen MR) is 125 cm³/mol. The smallest absolute Gasteiger partial charge is 0.283 e. The molecule has 148 valence electrons. The van der Waals surface area contributed by atoms with Gasteiger partial charge in [0, 0.05) is 16.2 Å². The number of H-pyrrole nitrogens is 1. The van der Waals surface area contributed by atoms with Crippen LogP contribution in [0.15, 0.2) is 88.8 Å². The molecule has 30 heavy (non-hydrogen) atoms. The first-order valence-electron chi connectivity index (χ1n) is 9.94. The summed E-state index contributed by atoms with van der Waals surface area (Å²) in [6.07, 6.45) is 0. The number of thioether (sulfide) groups is 1. The van der Waals surface area contributed by atoms with Crippen LogP contribution >= 0.6 is 11.8 Å². The molecule has 0 aliphatic heterocycles. The van der Waals surface area contributed by atoms with Gasteiger partial charge in [-0.15, -0.1) is 0 Å². The van der Waals surface area contributed by atoms with Crippen molar-refractivity contribution in [3.8, 4) is 5.69 Å². The number of aromatic amines is 1. The average Bonchev–Trinajstić information content (AvgIpc) is 3.15. The zero-order chi connectivity index (χ0) is 20.7. The van der Waals surface area contributed by atoms with Crippen molar-refractivity contribution in [3.05, 3.63) is 100 Å². The fourth-order valence-corrected chi connectivity index (χ4v) is 4.74. The van der Waals surface area contributed by atoms with Gasteiger partial charge in [0.15, 0.2) is 5.16 Å². The van der Waals surface area contributed by atoms with Gasteiger partial charge in [-0.05, 0) is 37.6 Å². The largest absolute Gasteiger partial charge is 0.349 e. The quantitative estimate of drug-likeness (QED) is 0.290. The first kappa shape index (κ1) is 18.7. The SMILES string of the molecule is Cc1ccc(-n2c(S[C@H](C)c3ccccc3)nc3c([nH]c4ccccc43)c2=O)cc1. The van der Waals surface area contributed by atoms with Crippen LogP contribution in [-0.4, -0.2) is 14.5 Å². The van der Waals surface area contributed by atoms with Gasteiger partial charge < -0.3 is 4.98 Å². The number of aromatic nitrogens is 3. The maximum atomic E-state index is 13.6. The maximum Gasteiger partial charge on any atom is 0.283 e. The number of aryl methyl sites for hydroxylation is 1. The molecule has 0 bridgehead atoms. The molecule has 0 amide bonds. The summed E-state index contributed by atoms with van der Waals surface area (Å²) in [5.41, 5.74) is 5.27. The van der Waals surface area contributed by atoms with E-state index in [9.17, 15) is 4.79 Å². The first-order valence-corrected chi connectivity index (χ1v) is 10.8. The van der Waals surface area contributed by atoms with Gasteiger partial charge in [-0.3, -0.25) is 9.36 Å². The van der Waals surface area contributed by atoms with Crippen molar-refractivity contribution in [2.24, 2.45) is 0 Å². The van der Waals surface area contributed by atoms with Gasteiger partial charge in [0.1, 0.15) is 11.0 Å². The van der Waals surface area contributed by atoms with E-state index in [0.29, 0.717) is 10.7 Å². The van der Waals surface area contributed by atoms with E-state index in [1.165, 1.54) is 5.56 Å². The van der Waals surface area contributed by atoms with E-state index >= 15 is 0 Å². The van der Waals surface area contributed by atoms with Crippen LogP contribution in [-0.2, 0) is 0 Å². The van der Waals surface area contributed by atoms with Crippen LogP contribution < -0.4 is 5.56 Å². The summed E-state index contributed by atoms with van der Waals surface area (Å²) in [6, 6.07) is 26.2. The molecule has 5 rings (SSSR count). The van der Waals surface area contributed by atoms with Crippen molar-refractivity contribution >= 4 is 33.7 Å². The fourth-order valence-electron chi connectivity index (χ4n) is 3.69. The first-order chi connectivity index (χ1) is 14.6. The molecule has 0 unspecified atom stereocenters. The molecule has 0 fully saturated rings. The Morgan fingerprint density at radius 2 is 1.63 bits per heavy atom. The third kappa shape index (κ3) is 3.21. The van der Waals surface area contributed by atoms with Crippen LogP contribution in [0.25, 0.3) is 27.6 Å². The number of para-hydroxylation sites is 1. The van der Waals surface area contributed by atoms with E-state index in [0.717, 1.165) is 27.7 Å². The lowest BCUT2D eigenvalue weighted by Crippen LogP contribution is -2.22. The second kappa shape index (κ2) is 7.50. The van der Waals surface area contributed by atoms with Crippen LogP contribution in [0.3, 0.4) is 0 Å². The van der Waals surface area contributed by atoms with Crippen LogP contribution in [0.5, 0.6) is 0 Å². The molecule has 0 aliphatic carbocycles. The Hall–Kier alpha value is -3.31. The molecular formula is C25H21N3OS. The Labute approximate surface area is 178 Å². The zero-order valence-electron chi connectivity index (χ0n) is 16.8. The van der Waals surface area contributed by atoms with Crippen molar-refractivity contribution in [1.29, 1.82) is 0 Å². The zero-order valence-corrected chi connectivity index (χ0v) is 17.6. The molecule has 0 saturated heterocycles. The molecule has 1 N–H and O–H groups in total. The molecule has 1 atom stereocenters. The highest BCUT2D eigenvalue weighted by molar-refractivity contribution is 7.99. The standard InChI is InChI=1S/C25H21N3OS/c1-16-12-14-19(15-13-16)28-24(29)23-22(20-10-6-7-11-21(20)26-23)27-25(28)30-17(2)18-8-4-3-5-9-18/h3-15,17,26H,1-2H3/t17-/m1/s1. The van der Waals surface area contributed by atoms with Crippen molar-refractivity contribution in [1.82, 2.24) is 14.5 Å². The summed E-state index contributed by atoms with van der Waals surface area (Å²) >= 11 is 1.60. The van der Waals surface area contributed by atoms with Crippen molar-refractivity contribution in [2.75, 3.05) is 0 Å². The van der Waals surface area contributed by atoms with E-state index in [2.05, 4.69) is 24.0 Å². The Morgan fingerprint density at radius 3 is 2.40 bits per heavy atom. The topological polar surface area (TPSA) is 50.7 Å². The highest BCUT2D eigenvalue weighted by atomic mass is 32.2. The second-order valence-electron chi connectivity index (χ2n) is 7.44. The normalized spacial score (nSPS) is 12.5. The van der Waals surface area contributed by atoms with Gasteiger partial charge >= 0.3 is 0 Å². The predicted octanol–water partition coefficient (Wildman–Crippen LogP) is 6.03. The second-order valence-corrected chi connectivity index (χ2v) is 8.74. The van der Waals surface area contributed by atoms with Gasteiger partial charge in [-0.2, -0.15) is 0 Å². The minimum absolute atomic E-state index is 0.0807. The van der Waals surface area contributed by atoms with Gasteiger partial charge in [-0.1, -0.05) is 78.0 Å². The van der Waals surface area contributed by atoms with Gasteiger partial charge in [-0.25, -0.2) is 4.98 Å². The lowest BCUT2D eigenvalue weighted by molar-refractivity contribution is 0.814. The molecule has 5 aromatic rings. The summed E-state index contributed by atoms with van der Waals surface area (Å²) in [5.74, 6) is 0. The maximum absolute atomic E-state index is 13.6. The van der Waals surface area contributed by atoms with Gasteiger partial charge in [0.2, 0.25) is 0 Å². The number of hydrogen-bond acceptors (Lipinski definition) is 3. The summed E-state index contributed by atoms with van der Waals surface area (Å²) in [6.45, 7) is 4.18. The monoisotopic (exact) mass is 411 g/mol. The molecule has 2 aromatic heterocycles. The molecule has 3 aromatic carbocycles. The Bertz CT molecular complexity index is 1400. The number of hydrogen-bond donors (Lipinski definition) is 1. The molecule has 0 spiro atoms. The van der Waals surface area contributed by atoms with Crippen LogP contribution in [0.4, 0.5) is 0 Å². The Balaban J connectivity index is 1.75. The number of nitrogens with one attached hydrogen (secondary N) is 1. The number of nitrogens with zero attached hydrogens (tertiary/aromatic N) is 2. The van der Waals surface area contributed by atoms with E-state index in [-0.39, 0.29) is 10.8 Å². The van der Waals surface area contributed by atoms with Crippen LogP contribution in [0, 0.1) is 6.92 Å². The molecule has 2 heterocycles. The van der Waals surface area contributed by atoms with E-state index in [1.54, 1.807) is 16.3 Å². The minimum atomic E-state index is -0.0807. The third-order valence-corrected chi connectivity index (χ3v) is 6.45. The van der Waals surface area contributed by atoms with E-state index in [1.807, 2.05) is 73.7 Å². The highest BCUT2D eigenvalue weighted by Crippen LogP contribution is 2.35. The lowest BCUT2D eigenvalue weighted by Gasteiger charge is -2.16. The van der Waals surface area contributed by atoms with E-state index in [4.69, 9.17) is 4.98 Å². The summed E-state index contributed by atoms with van der Waals surface area (Å²) in [5, 5.41) is 1.81. The average molecular weight is 412 g/mol. The molecule has 0 radical (unpaired) electrons. The summed E-state index contributed by atoms with van der Waals surface area (Å²) in [7, 11) is 0. The molecule has 4 nitrogen and oxygen atoms in total. The highest BCUT2D eigenvalue weighted by Gasteiger charge is 2.19. The number of fused-ring (bicyclic) bond motifs is 3. The third-order valence-electron chi connectivity index (χ3n) is 5.34. The van der Waals surface area contributed by atoms with Crippen molar-refractivity contribution in [3.63, 3.8) is 0 Å². The Kier molecular flexibility index (Phi) is 4.68. The van der Waals surface area contributed by atoms with Gasteiger partial charge in [0.25, 0.3) is 5.56 Å². The number of benzene rings is 3. The molecular weight excluding hydrogens is 390 g/mol. The number of rotatable bonds is 4. The minimum Gasteiger partial charge on any atom is -0.349 e. The van der Waals surface area contributed by atoms with E-state index < -0.39 is 0 Å². The lowest BCUT2D eigenvalue weighted by atomic mass is 10.2. The summed E-state index contributed by atoms with van der Waals surface area (Å²) in [4.78, 5) is 21.9. The van der Waals surface area contributed by atoms with Crippen molar-refractivity contribution in [2.45, 2.75) is 24.3 Å².